The maximum absolute atomic E-state index is 13.8. The average Bonchev–Trinajstić information content (AvgIpc) is 3.36. The summed E-state index contributed by atoms with van der Waals surface area (Å²) in [4.78, 5) is 15.7. The van der Waals surface area contributed by atoms with Crippen LogP contribution in [0.1, 0.15) is 18.9 Å². The molecule has 0 amide bonds. The minimum Gasteiger partial charge on any atom is -0.481 e. The molecule has 38 heavy (non-hydrogen) atoms. The number of aliphatic hydroxyl groups excluding tert-OH is 2. The molecule has 2 aromatic heterocycles. The largest absolute Gasteiger partial charge is 0.481 e. The molecule has 0 radical (unpaired) electrons. The van der Waals surface area contributed by atoms with Crippen LogP contribution in [0.2, 0.25) is 0 Å². The van der Waals surface area contributed by atoms with Gasteiger partial charge in [-0.25, -0.2) is 17.9 Å². The third-order valence-corrected chi connectivity index (χ3v) is 7.24. The van der Waals surface area contributed by atoms with E-state index in [2.05, 4.69) is 31.2 Å². The lowest BCUT2D eigenvalue weighted by Crippen LogP contribution is -2.56. The molecule has 0 spiro atoms. The first-order valence-electron chi connectivity index (χ1n) is 11.3. The topological polar surface area (TPSA) is 140 Å². The van der Waals surface area contributed by atoms with Gasteiger partial charge < -0.3 is 24.8 Å². The van der Waals surface area contributed by atoms with Crippen LogP contribution in [-0.4, -0.2) is 78.2 Å². The van der Waals surface area contributed by atoms with Gasteiger partial charge in [0.15, 0.2) is 17.5 Å². The normalized spacial score (nSPS) is 23.5. The molecule has 1 aromatic carbocycles. The Bertz CT molecular complexity index is 1260. The zero-order valence-corrected chi connectivity index (χ0v) is 21.9. The number of aliphatic carboxylic acids is 1. The van der Waals surface area contributed by atoms with Crippen LogP contribution in [0.25, 0.3) is 11.3 Å². The second-order valence-corrected chi connectivity index (χ2v) is 10.4. The molecule has 1 aliphatic heterocycles. The highest BCUT2D eigenvalue weighted by molar-refractivity contribution is 9.10. The number of carboxylic acids is 1. The summed E-state index contributed by atoms with van der Waals surface area (Å²) in [5, 5.41) is 37.9. The molecule has 0 saturated carbocycles. The van der Waals surface area contributed by atoms with E-state index in [1.54, 1.807) is 18.5 Å². The van der Waals surface area contributed by atoms with Gasteiger partial charge in [-0.1, -0.05) is 17.0 Å². The molecule has 4 rings (SSSR count). The predicted molar refractivity (Wildman–Crippen MR) is 131 cm³/mol. The van der Waals surface area contributed by atoms with Gasteiger partial charge >= 0.3 is 5.97 Å². The maximum atomic E-state index is 13.8. The van der Waals surface area contributed by atoms with Gasteiger partial charge in [-0.05, 0) is 40.5 Å². The Morgan fingerprint density at radius 3 is 2.61 bits per heavy atom. The van der Waals surface area contributed by atoms with Crippen molar-refractivity contribution >= 4 is 33.7 Å². The first-order valence-corrected chi connectivity index (χ1v) is 13.0. The van der Waals surface area contributed by atoms with Crippen molar-refractivity contribution in [2.45, 2.75) is 47.5 Å². The second-order valence-electron chi connectivity index (χ2n) is 8.33. The van der Waals surface area contributed by atoms with E-state index >= 15 is 0 Å². The molecule has 15 heteroatoms. The third kappa shape index (κ3) is 6.52. The fraction of sp³-hybridized carbons (Fsp3) is 0.391. The summed E-state index contributed by atoms with van der Waals surface area (Å²) in [5.74, 6) is -5.43. The summed E-state index contributed by atoms with van der Waals surface area (Å²) < 4.78 is 54.9. The van der Waals surface area contributed by atoms with E-state index in [-0.39, 0.29) is 30.7 Å². The van der Waals surface area contributed by atoms with Crippen molar-refractivity contribution in [3.63, 3.8) is 0 Å². The Labute approximate surface area is 226 Å². The van der Waals surface area contributed by atoms with Gasteiger partial charge in [-0.15, -0.1) is 5.10 Å². The molecule has 0 bridgehead atoms. The number of pyridine rings is 1. The van der Waals surface area contributed by atoms with Crippen LogP contribution in [0, 0.1) is 17.5 Å². The summed E-state index contributed by atoms with van der Waals surface area (Å²) in [7, 11) is 0. The summed E-state index contributed by atoms with van der Waals surface area (Å²) in [5.41, 5.74) is -0.917. The Morgan fingerprint density at radius 1 is 1.21 bits per heavy atom. The fourth-order valence-corrected chi connectivity index (χ4v) is 5.60. The van der Waals surface area contributed by atoms with E-state index in [0.29, 0.717) is 9.37 Å². The second kappa shape index (κ2) is 12.5. The molecule has 3 aromatic rings. The Hall–Kier alpha value is -2.56. The molecule has 10 nitrogen and oxygen atoms in total. The van der Waals surface area contributed by atoms with E-state index in [1.807, 2.05) is 0 Å². The van der Waals surface area contributed by atoms with Gasteiger partial charge in [0.2, 0.25) is 0 Å². The lowest BCUT2D eigenvalue weighted by Gasteiger charge is -2.43. The number of carboxylic acid groups (broad SMARTS) is 1. The van der Waals surface area contributed by atoms with E-state index in [9.17, 15) is 28.2 Å². The summed E-state index contributed by atoms with van der Waals surface area (Å²) in [6.45, 7) is -0.551. The van der Waals surface area contributed by atoms with E-state index in [0.717, 1.165) is 12.1 Å². The highest BCUT2D eigenvalue weighted by Crippen LogP contribution is 2.40. The number of ether oxygens (including phenoxy) is 2. The third-order valence-electron chi connectivity index (χ3n) is 5.70. The van der Waals surface area contributed by atoms with Crippen LogP contribution in [0.3, 0.4) is 0 Å². The van der Waals surface area contributed by atoms with E-state index in [4.69, 9.17) is 14.6 Å². The van der Waals surface area contributed by atoms with Crippen molar-refractivity contribution in [1.82, 2.24) is 20.0 Å². The highest BCUT2D eigenvalue weighted by atomic mass is 79.9. The molecule has 5 atom stereocenters. The number of aliphatic hydroxyl groups is 2. The van der Waals surface area contributed by atoms with Crippen molar-refractivity contribution < 1.29 is 42.8 Å². The van der Waals surface area contributed by atoms with Crippen molar-refractivity contribution in [2.24, 2.45) is 0 Å². The summed E-state index contributed by atoms with van der Waals surface area (Å²) in [6.07, 6.45) is 1.12. The number of carbonyl (C=O) groups is 1. The number of aromatic nitrogens is 4. The van der Waals surface area contributed by atoms with Crippen molar-refractivity contribution in [1.29, 1.82) is 0 Å². The molecular weight excluding hydrogens is 597 g/mol. The number of nitrogens with zero attached hydrogens (tertiary/aromatic N) is 4. The van der Waals surface area contributed by atoms with Crippen molar-refractivity contribution in [2.75, 3.05) is 13.2 Å². The quantitative estimate of drug-likeness (QED) is 0.229. The van der Waals surface area contributed by atoms with Crippen LogP contribution in [0.4, 0.5) is 13.2 Å². The molecule has 3 heterocycles. The molecule has 1 saturated heterocycles. The highest BCUT2D eigenvalue weighted by Gasteiger charge is 2.48. The molecule has 204 valence electrons. The number of halogens is 4. The number of thioether (sulfide) groups is 1. The number of benzene rings is 1. The van der Waals surface area contributed by atoms with Crippen LogP contribution < -0.4 is 0 Å². The van der Waals surface area contributed by atoms with Crippen LogP contribution in [0.5, 0.6) is 0 Å². The fourth-order valence-electron chi connectivity index (χ4n) is 3.93. The van der Waals surface area contributed by atoms with Gasteiger partial charge in [0.1, 0.15) is 35.5 Å². The molecule has 0 unspecified atom stereocenters. The van der Waals surface area contributed by atoms with Gasteiger partial charge in [-0.2, -0.15) is 0 Å². The standard InChI is InChI=1S/C23H22BrF3N4O6S/c24-12-6-13(8-28-7-12)38-23-22(36-3-1-2-18(33)34)20(21(35)17(10-32)37-23)31-9-16(29-30-31)11-4-14(25)19(27)15(26)5-11/h4-9,17,20-23,32,35H,1-3,10H2,(H,33,34)/t17-,20+,21+,22-,23-/m1/s1. The summed E-state index contributed by atoms with van der Waals surface area (Å²) >= 11 is 4.55. The smallest absolute Gasteiger partial charge is 0.303 e. The lowest BCUT2D eigenvalue weighted by atomic mass is 9.97. The van der Waals surface area contributed by atoms with Crippen molar-refractivity contribution in [3.05, 3.63) is 58.7 Å². The van der Waals surface area contributed by atoms with Gasteiger partial charge in [-0.3, -0.25) is 9.78 Å². The van der Waals surface area contributed by atoms with E-state index in [1.165, 1.54) is 22.6 Å². The first-order chi connectivity index (χ1) is 18.2. The van der Waals surface area contributed by atoms with E-state index < -0.39 is 59.8 Å². The minimum absolute atomic E-state index is 0.00291. The maximum Gasteiger partial charge on any atom is 0.303 e. The van der Waals surface area contributed by atoms with Crippen LogP contribution in [0.15, 0.2) is 46.2 Å². The molecule has 1 aliphatic rings. The van der Waals surface area contributed by atoms with Gasteiger partial charge in [0.25, 0.3) is 0 Å². The SMILES string of the molecule is O=C(O)CCCO[C@@H]1[C@@H](n2cc(-c3cc(F)c(F)c(F)c3)nn2)[C@@H](O)[C@@H](CO)O[C@@H]1Sc1cncc(Br)c1. The zero-order valence-electron chi connectivity index (χ0n) is 19.5. The van der Waals surface area contributed by atoms with Crippen LogP contribution >= 0.6 is 27.7 Å². The number of hydrogen-bond acceptors (Lipinski definition) is 9. The summed E-state index contributed by atoms with van der Waals surface area (Å²) in [6, 6.07) is 2.30. The Kier molecular flexibility index (Phi) is 9.38. The molecule has 0 aliphatic carbocycles. The lowest BCUT2D eigenvalue weighted by molar-refractivity contribution is -0.193. The average molecular weight is 619 g/mol. The molecule has 1 fully saturated rings. The predicted octanol–water partition coefficient (Wildman–Crippen LogP) is 3.18. The number of rotatable bonds is 10. The first kappa shape index (κ1) is 28.4. The Balaban J connectivity index is 1.68. The van der Waals surface area contributed by atoms with Gasteiger partial charge in [0.05, 0.1) is 12.8 Å². The van der Waals surface area contributed by atoms with Crippen LogP contribution in [-0.2, 0) is 14.3 Å². The van der Waals surface area contributed by atoms with Crippen molar-refractivity contribution in [3.8, 4) is 11.3 Å². The Morgan fingerprint density at radius 2 is 1.95 bits per heavy atom. The number of hydrogen-bond donors (Lipinski definition) is 3. The molecular formula is C23H22BrF3N4O6S. The minimum atomic E-state index is -1.62. The van der Waals surface area contributed by atoms with Gasteiger partial charge in [0, 0.05) is 40.4 Å². The monoisotopic (exact) mass is 618 g/mol. The zero-order chi connectivity index (χ0) is 27.4. The molecule has 3 N–H and O–H groups in total.